The van der Waals surface area contributed by atoms with Gasteiger partial charge in [-0.05, 0) is 87.8 Å². The summed E-state index contributed by atoms with van der Waals surface area (Å²) in [7, 11) is 0. The lowest BCUT2D eigenvalue weighted by Crippen LogP contribution is -2.21. The van der Waals surface area contributed by atoms with Crippen molar-refractivity contribution < 1.29 is 14.3 Å². The van der Waals surface area contributed by atoms with Gasteiger partial charge in [0.1, 0.15) is 17.9 Å². The number of hydrogen-bond donors (Lipinski definition) is 1. The lowest BCUT2D eigenvalue weighted by Gasteiger charge is -2.30. The van der Waals surface area contributed by atoms with Gasteiger partial charge in [-0.15, -0.1) is 0 Å². The SMILES string of the molecule is CCOc1ccc2c(c1)c(C#N)c(-c1ccc(NC(=O)O[C@H](C)C3CC3)cc1)n2C1CCC1. The molecule has 0 unspecified atom stereocenters. The molecule has 6 nitrogen and oxygen atoms in total. The number of amides is 1. The first-order valence-electron chi connectivity index (χ1n) is 11.9. The standard InChI is InChI=1S/C27H29N3O3/c1-3-32-22-13-14-25-23(15-22)24(16-28)26(30(25)21-5-4-6-21)19-9-11-20(12-10-19)29-27(31)33-17(2)18-7-8-18/h9-15,17-18,21H,3-8H2,1-2H3,(H,29,31)/t17-/m1/s1. The molecule has 0 bridgehead atoms. The number of anilines is 1. The maximum absolute atomic E-state index is 12.2. The maximum Gasteiger partial charge on any atom is 0.411 e. The van der Waals surface area contributed by atoms with Crippen molar-refractivity contribution in [1.29, 1.82) is 5.26 Å². The highest BCUT2D eigenvalue weighted by Gasteiger charge is 2.31. The molecule has 0 saturated heterocycles. The third kappa shape index (κ3) is 4.16. The van der Waals surface area contributed by atoms with Crippen LogP contribution in [0.5, 0.6) is 5.75 Å². The summed E-state index contributed by atoms with van der Waals surface area (Å²) in [6, 6.07) is 16.5. The number of nitriles is 1. The van der Waals surface area contributed by atoms with Gasteiger partial charge in [-0.25, -0.2) is 4.79 Å². The van der Waals surface area contributed by atoms with E-state index >= 15 is 0 Å². The van der Waals surface area contributed by atoms with E-state index in [1.54, 1.807) is 0 Å². The van der Waals surface area contributed by atoms with Crippen LogP contribution in [-0.4, -0.2) is 23.4 Å². The van der Waals surface area contributed by atoms with Crippen molar-refractivity contribution in [3.05, 3.63) is 48.0 Å². The Balaban J connectivity index is 1.48. The highest BCUT2D eigenvalue weighted by molar-refractivity contribution is 5.96. The first kappa shape index (κ1) is 21.4. The second-order valence-corrected chi connectivity index (χ2v) is 9.05. The van der Waals surface area contributed by atoms with E-state index in [0.29, 0.717) is 29.8 Å². The van der Waals surface area contributed by atoms with Gasteiger partial charge in [0.05, 0.1) is 23.4 Å². The lowest BCUT2D eigenvalue weighted by molar-refractivity contribution is 0.108. The Hall–Kier alpha value is -3.46. The minimum Gasteiger partial charge on any atom is -0.494 e. The Morgan fingerprint density at radius 2 is 1.94 bits per heavy atom. The van der Waals surface area contributed by atoms with Gasteiger partial charge < -0.3 is 14.0 Å². The van der Waals surface area contributed by atoms with Gasteiger partial charge >= 0.3 is 6.09 Å². The number of hydrogen-bond acceptors (Lipinski definition) is 4. The second kappa shape index (κ2) is 8.82. The molecule has 1 atom stereocenters. The molecule has 33 heavy (non-hydrogen) atoms. The summed E-state index contributed by atoms with van der Waals surface area (Å²) in [5.74, 6) is 1.27. The molecule has 2 fully saturated rings. The van der Waals surface area contributed by atoms with E-state index in [1.807, 2.05) is 50.2 Å². The van der Waals surface area contributed by atoms with Gasteiger partial charge in [0.25, 0.3) is 0 Å². The van der Waals surface area contributed by atoms with Crippen molar-refractivity contribution in [2.75, 3.05) is 11.9 Å². The summed E-state index contributed by atoms with van der Waals surface area (Å²) >= 11 is 0. The molecule has 170 valence electrons. The molecule has 5 rings (SSSR count). The van der Waals surface area contributed by atoms with Crippen molar-refractivity contribution in [2.24, 2.45) is 5.92 Å². The molecular formula is C27H29N3O3. The van der Waals surface area contributed by atoms with E-state index in [-0.39, 0.29) is 6.10 Å². The monoisotopic (exact) mass is 443 g/mol. The van der Waals surface area contributed by atoms with E-state index < -0.39 is 6.09 Å². The quantitative estimate of drug-likeness (QED) is 0.443. The first-order chi connectivity index (χ1) is 16.1. The molecule has 1 heterocycles. The van der Waals surface area contributed by atoms with Crippen molar-refractivity contribution in [3.8, 4) is 23.1 Å². The fourth-order valence-electron chi connectivity index (χ4n) is 4.66. The Morgan fingerprint density at radius 1 is 1.18 bits per heavy atom. The average molecular weight is 444 g/mol. The van der Waals surface area contributed by atoms with Crippen LogP contribution in [0.3, 0.4) is 0 Å². The van der Waals surface area contributed by atoms with E-state index in [4.69, 9.17) is 9.47 Å². The molecule has 1 amide bonds. The largest absolute Gasteiger partial charge is 0.494 e. The summed E-state index contributed by atoms with van der Waals surface area (Å²) in [6.07, 6.45) is 5.21. The number of rotatable bonds is 7. The van der Waals surface area contributed by atoms with E-state index in [1.165, 1.54) is 6.42 Å². The maximum atomic E-state index is 12.2. The van der Waals surface area contributed by atoms with Gasteiger partial charge in [-0.3, -0.25) is 5.32 Å². The molecule has 2 aliphatic carbocycles. The highest BCUT2D eigenvalue weighted by Crippen LogP contribution is 2.43. The predicted octanol–water partition coefficient (Wildman–Crippen LogP) is 6.65. The molecule has 3 aromatic rings. The zero-order chi connectivity index (χ0) is 22.9. The molecule has 0 aliphatic heterocycles. The topological polar surface area (TPSA) is 76.3 Å². The number of ether oxygens (including phenoxy) is 2. The Kier molecular flexibility index (Phi) is 5.72. The van der Waals surface area contributed by atoms with Gasteiger partial charge in [-0.2, -0.15) is 5.26 Å². The van der Waals surface area contributed by atoms with Crippen LogP contribution in [0.25, 0.3) is 22.2 Å². The van der Waals surface area contributed by atoms with Gasteiger partial charge in [0, 0.05) is 17.1 Å². The number of nitrogens with zero attached hydrogens (tertiary/aromatic N) is 2. The highest BCUT2D eigenvalue weighted by atomic mass is 16.6. The first-order valence-corrected chi connectivity index (χ1v) is 11.9. The molecule has 2 aliphatic rings. The van der Waals surface area contributed by atoms with Crippen molar-refractivity contribution in [1.82, 2.24) is 4.57 Å². The summed E-state index contributed by atoms with van der Waals surface area (Å²) in [4.78, 5) is 12.2. The Morgan fingerprint density at radius 3 is 2.55 bits per heavy atom. The third-order valence-corrected chi connectivity index (χ3v) is 6.82. The van der Waals surface area contributed by atoms with Crippen LogP contribution in [0.4, 0.5) is 10.5 Å². The van der Waals surface area contributed by atoms with Crippen molar-refractivity contribution >= 4 is 22.7 Å². The average Bonchev–Trinajstić information content (AvgIpc) is 3.57. The van der Waals surface area contributed by atoms with Crippen LogP contribution in [0.2, 0.25) is 0 Å². The summed E-state index contributed by atoms with van der Waals surface area (Å²) in [6.45, 7) is 4.48. The predicted molar refractivity (Wildman–Crippen MR) is 128 cm³/mol. The second-order valence-electron chi connectivity index (χ2n) is 9.05. The summed E-state index contributed by atoms with van der Waals surface area (Å²) in [5.41, 5.74) is 4.29. The number of carbonyl (C=O) groups excluding carboxylic acids is 1. The van der Waals surface area contributed by atoms with Crippen LogP contribution in [0.15, 0.2) is 42.5 Å². The summed E-state index contributed by atoms with van der Waals surface area (Å²) in [5, 5.41) is 13.9. The van der Waals surface area contributed by atoms with Gasteiger partial charge in [-0.1, -0.05) is 12.1 Å². The van der Waals surface area contributed by atoms with Crippen LogP contribution < -0.4 is 10.1 Å². The van der Waals surface area contributed by atoms with E-state index in [0.717, 1.165) is 53.6 Å². The van der Waals surface area contributed by atoms with Gasteiger partial charge in [0.15, 0.2) is 0 Å². The van der Waals surface area contributed by atoms with E-state index in [2.05, 4.69) is 22.0 Å². The minimum absolute atomic E-state index is 0.0535. The van der Waals surface area contributed by atoms with Crippen molar-refractivity contribution in [3.63, 3.8) is 0 Å². The third-order valence-electron chi connectivity index (χ3n) is 6.82. The molecular weight excluding hydrogens is 414 g/mol. The number of nitrogens with one attached hydrogen (secondary N) is 1. The normalized spacial score (nSPS) is 16.6. The number of fused-ring (bicyclic) bond motifs is 1. The smallest absolute Gasteiger partial charge is 0.411 e. The number of aromatic nitrogens is 1. The van der Waals surface area contributed by atoms with Crippen LogP contribution in [0, 0.1) is 17.2 Å². The molecule has 6 heteroatoms. The fraction of sp³-hybridized carbons (Fsp3) is 0.407. The molecule has 2 saturated carbocycles. The molecule has 0 spiro atoms. The molecule has 1 aromatic heterocycles. The zero-order valence-corrected chi connectivity index (χ0v) is 19.1. The van der Waals surface area contributed by atoms with Crippen LogP contribution in [0.1, 0.15) is 57.6 Å². The number of carbonyl (C=O) groups is 1. The van der Waals surface area contributed by atoms with Crippen LogP contribution >= 0.6 is 0 Å². The molecule has 1 N–H and O–H groups in total. The lowest BCUT2D eigenvalue weighted by atomic mass is 9.92. The molecule has 2 aromatic carbocycles. The summed E-state index contributed by atoms with van der Waals surface area (Å²) < 4.78 is 13.5. The number of benzene rings is 2. The molecule has 0 radical (unpaired) electrons. The zero-order valence-electron chi connectivity index (χ0n) is 19.1. The Labute approximate surface area is 194 Å². The fourth-order valence-corrected chi connectivity index (χ4v) is 4.66. The van der Waals surface area contributed by atoms with Gasteiger partial charge in [0.2, 0.25) is 0 Å². The van der Waals surface area contributed by atoms with E-state index in [9.17, 15) is 10.1 Å². The Bertz CT molecular complexity index is 1210. The van der Waals surface area contributed by atoms with Crippen molar-refractivity contribution in [2.45, 2.75) is 58.1 Å². The minimum atomic E-state index is -0.424. The van der Waals surface area contributed by atoms with Crippen LogP contribution in [-0.2, 0) is 4.74 Å².